The van der Waals surface area contributed by atoms with Gasteiger partial charge in [0.05, 0.1) is 13.2 Å². The molecular weight excluding hydrogens is 254 g/mol. The molecule has 0 amide bonds. The van der Waals surface area contributed by atoms with Crippen molar-refractivity contribution in [3.63, 3.8) is 0 Å². The molecule has 2 rings (SSSR count). The van der Waals surface area contributed by atoms with Gasteiger partial charge in [0.25, 0.3) is 0 Å². The second-order valence-electron chi connectivity index (χ2n) is 4.00. The van der Waals surface area contributed by atoms with Crippen LogP contribution in [0.15, 0.2) is 22.7 Å². The van der Waals surface area contributed by atoms with Crippen molar-refractivity contribution in [2.75, 3.05) is 19.8 Å². The predicted octanol–water partition coefficient (Wildman–Crippen LogP) is 2.29. The number of nitrogens with one attached hydrogen (secondary N) is 1. The molecule has 0 saturated carbocycles. The lowest BCUT2D eigenvalue weighted by atomic mass is 10.0. The number of hydrogen-bond acceptors (Lipinski definition) is 2. The van der Waals surface area contributed by atoms with Crippen LogP contribution < -0.4 is 5.32 Å². The van der Waals surface area contributed by atoms with Crippen molar-refractivity contribution in [1.29, 1.82) is 0 Å². The van der Waals surface area contributed by atoms with Gasteiger partial charge in [-0.05, 0) is 36.6 Å². The largest absolute Gasteiger partial charge is 0.379 e. The fourth-order valence-electron chi connectivity index (χ4n) is 1.90. The Kier molecular flexibility index (Phi) is 3.78. The second-order valence-corrected chi connectivity index (χ2v) is 4.92. The van der Waals surface area contributed by atoms with E-state index in [2.05, 4.69) is 46.4 Å². The van der Waals surface area contributed by atoms with E-state index < -0.39 is 0 Å². The number of benzene rings is 1. The van der Waals surface area contributed by atoms with E-state index in [0.29, 0.717) is 6.04 Å². The smallest absolute Gasteiger partial charge is 0.0623 e. The molecule has 0 spiro atoms. The fourth-order valence-corrected chi connectivity index (χ4v) is 2.38. The number of rotatable bonds is 2. The number of hydrogen-bond donors (Lipinski definition) is 1. The maximum atomic E-state index is 5.45. The lowest BCUT2D eigenvalue weighted by Crippen LogP contribution is -2.42. The van der Waals surface area contributed by atoms with Gasteiger partial charge < -0.3 is 10.1 Å². The molecule has 1 saturated heterocycles. The summed E-state index contributed by atoms with van der Waals surface area (Å²) in [4.78, 5) is 0. The van der Waals surface area contributed by atoms with E-state index in [1.54, 1.807) is 0 Å². The summed E-state index contributed by atoms with van der Waals surface area (Å²) < 4.78 is 6.60. The molecular formula is C12H16BrNO. The zero-order valence-electron chi connectivity index (χ0n) is 8.92. The average molecular weight is 270 g/mol. The zero-order chi connectivity index (χ0) is 10.7. The lowest BCUT2D eigenvalue weighted by Gasteiger charge is -2.24. The Bertz CT molecular complexity index is 334. The minimum Gasteiger partial charge on any atom is -0.379 e. The quantitative estimate of drug-likeness (QED) is 0.890. The fraction of sp³-hybridized carbons (Fsp3) is 0.500. The van der Waals surface area contributed by atoms with Gasteiger partial charge >= 0.3 is 0 Å². The van der Waals surface area contributed by atoms with Gasteiger partial charge in [0, 0.05) is 17.1 Å². The third kappa shape index (κ3) is 3.03. The molecule has 0 radical (unpaired) electrons. The topological polar surface area (TPSA) is 21.3 Å². The molecule has 0 aliphatic carbocycles. The Morgan fingerprint density at radius 2 is 2.40 bits per heavy atom. The molecule has 82 valence electrons. The van der Waals surface area contributed by atoms with Gasteiger partial charge in [-0.2, -0.15) is 0 Å². The molecule has 0 bridgehead atoms. The second kappa shape index (κ2) is 5.10. The molecule has 1 heterocycles. The standard InChI is InChI=1S/C12H16BrNO/c1-9-6-11(13)3-2-10(9)7-12-8-15-5-4-14-12/h2-3,6,12,14H,4-5,7-8H2,1H3. The van der Waals surface area contributed by atoms with E-state index in [0.717, 1.165) is 30.7 Å². The molecule has 1 N–H and O–H groups in total. The van der Waals surface area contributed by atoms with E-state index in [9.17, 15) is 0 Å². The normalized spacial score (nSPS) is 21.6. The van der Waals surface area contributed by atoms with E-state index in [-0.39, 0.29) is 0 Å². The summed E-state index contributed by atoms with van der Waals surface area (Å²) >= 11 is 3.48. The maximum absolute atomic E-state index is 5.45. The summed E-state index contributed by atoms with van der Waals surface area (Å²) in [5, 5.41) is 3.47. The molecule has 1 aromatic rings. The minimum absolute atomic E-state index is 0.471. The van der Waals surface area contributed by atoms with Crippen LogP contribution in [0.2, 0.25) is 0 Å². The number of halogens is 1. The van der Waals surface area contributed by atoms with Gasteiger partial charge in [0.2, 0.25) is 0 Å². The van der Waals surface area contributed by atoms with Crippen molar-refractivity contribution in [2.24, 2.45) is 0 Å². The average Bonchev–Trinajstić information content (AvgIpc) is 2.24. The van der Waals surface area contributed by atoms with Crippen LogP contribution in [0.4, 0.5) is 0 Å². The first kappa shape index (κ1) is 11.1. The molecule has 1 aromatic carbocycles. The summed E-state index contributed by atoms with van der Waals surface area (Å²) in [5.74, 6) is 0. The van der Waals surface area contributed by atoms with E-state index in [1.165, 1.54) is 11.1 Å². The predicted molar refractivity (Wildman–Crippen MR) is 65.2 cm³/mol. The first-order valence-electron chi connectivity index (χ1n) is 5.32. The molecule has 2 nitrogen and oxygen atoms in total. The van der Waals surface area contributed by atoms with Crippen LogP contribution in [-0.2, 0) is 11.2 Å². The van der Waals surface area contributed by atoms with Gasteiger partial charge in [-0.25, -0.2) is 0 Å². The van der Waals surface area contributed by atoms with E-state index in [1.807, 2.05) is 0 Å². The highest BCUT2D eigenvalue weighted by Gasteiger charge is 2.14. The van der Waals surface area contributed by atoms with Crippen molar-refractivity contribution in [1.82, 2.24) is 5.32 Å². The molecule has 3 heteroatoms. The Labute approximate surface area is 99.1 Å². The highest BCUT2D eigenvalue weighted by molar-refractivity contribution is 9.10. The van der Waals surface area contributed by atoms with Crippen LogP contribution >= 0.6 is 15.9 Å². The van der Waals surface area contributed by atoms with Gasteiger partial charge in [-0.3, -0.25) is 0 Å². The molecule has 1 aliphatic rings. The zero-order valence-corrected chi connectivity index (χ0v) is 10.5. The minimum atomic E-state index is 0.471. The first-order valence-corrected chi connectivity index (χ1v) is 6.11. The number of aryl methyl sites for hydroxylation is 1. The van der Waals surface area contributed by atoms with Crippen LogP contribution in [0.5, 0.6) is 0 Å². The van der Waals surface area contributed by atoms with Crippen LogP contribution in [0.1, 0.15) is 11.1 Å². The Balaban J connectivity index is 2.03. The van der Waals surface area contributed by atoms with Crippen molar-refractivity contribution in [3.8, 4) is 0 Å². The van der Waals surface area contributed by atoms with Gasteiger partial charge in [0.1, 0.15) is 0 Å². The summed E-state index contributed by atoms with van der Waals surface area (Å²) in [6, 6.07) is 6.93. The van der Waals surface area contributed by atoms with Crippen LogP contribution in [0.25, 0.3) is 0 Å². The van der Waals surface area contributed by atoms with Crippen molar-refractivity contribution < 1.29 is 4.74 Å². The van der Waals surface area contributed by atoms with Crippen molar-refractivity contribution >= 4 is 15.9 Å². The number of morpholine rings is 1. The molecule has 1 aliphatic heterocycles. The Hall–Kier alpha value is -0.380. The highest BCUT2D eigenvalue weighted by atomic mass is 79.9. The van der Waals surface area contributed by atoms with Crippen molar-refractivity contribution in [3.05, 3.63) is 33.8 Å². The third-order valence-electron chi connectivity index (χ3n) is 2.77. The molecule has 1 atom stereocenters. The summed E-state index contributed by atoms with van der Waals surface area (Å²) in [6.45, 7) is 4.80. The number of ether oxygens (including phenoxy) is 1. The lowest BCUT2D eigenvalue weighted by molar-refractivity contribution is 0.0770. The summed E-state index contributed by atoms with van der Waals surface area (Å²) in [7, 11) is 0. The van der Waals surface area contributed by atoms with Crippen molar-refractivity contribution in [2.45, 2.75) is 19.4 Å². The van der Waals surface area contributed by atoms with Gasteiger partial charge in [-0.15, -0.1) is 0 Å². The summed E-state index contributed by atoms with van der Waals surface area (Å²) in [5.41, 5.74) is 2.75. The first-order chi connectivity index (χ1) is 7.25. The third-order valence-corrected chi connectivity index (χ3v) is 3.26. The molecule has 15 heavy (non-hydrogen) atoms. The highest BCUT2D eigenvalue weighted by Crippen LogP contribution is 2.17. The molecule has 1 fully saturated rings. The van der Waals surface area contributed by atoms with Gasteiger partial charge in [0.15, 0.2) is 0 Å². The Morgan fingerprint density at radius 1 is 1.53 bits per heavy atom. The van der Waals surface area contributed by atoms with Crippen LogP contribution in [0.3, 0.4) is 0 Å². The molecule has 1 unspecified atom stereocenters. The van der Waals surface area contributed by atoms with E-state index >= 15 is 0 Å². The summed E-state index contributed by atoms with van der Waals surface area (Å²) in [6.07, 6.45) is 1.05. The van der Waals surface area contributed by atoms with Crippen LogP contribution in [0, 0.1) is 6.92 Å². The molecule has 0 aromatic heterocycles. The Morgan fingerprint density at radius 3 is 3.07 bits per heavy atom. The maximum Gasteiger partial charge on any atom is 0.0623 e. The van der Waals surface area contributed by atoms with E-state index in [4.69, 9.17) is 4.74 Å². The SMILES string of the molecule is Cc1cc(Br)ccc1CC1COCCN1. The van der Waals surface area contributed by atoms with Crippen LogP contribution in [-0.4, -0.2) is 25.8 Å². The van der Waals surface area contributed by atoms with Gasteiger partial charge in [-0.1, -0.05) is 22.0 Å². The monoisotopic (exact) mass is 269 g/mol.